The zero-order valence-electron chi connectivity index (χ0n) is 14.3. The van der Waals surface area contributed by atoms with Gasteiger partial charge in [0.05, 0.1) is 12.3 Å². The summed E-state index contributed by atoms with van der Waals surface area (Å²) < 4.78 is 5.23. The number of aromatic hydroxyl groups is 1. The van der Waals surface area contributed by atoms with Crippen molar-refractivity contribution in [1.29, 1.82) is 0 Å². The van der Waals surface area contributed by atoms with Crippen LogP contribution in [0.4, 0.5) is 0 Å². The maximum atomic E-state index is 9.86. The minimum atomic E-state index is 0.0852. The molecule has 1 aromatic heterocycles. The van der Waals surface area contributed by atoms with Crippen molar-refractivity contribution < 1.29 is 14.7 Å². The van der Waals surface area contributed by atoms with E-state index in [0.29, 0.717) is 30.7 Å². The Kier molecular flexibility index (Phi) is 4.92. The van der Waals surface area contributed by atoms with Crippen LogP contribution in [0.1, 0.15) is 37.3 Å². The Balaban J connectivity index is 1.53. The maximum Gasteiger partial charge on any atom is 0.139 e. The van der Waals surface area contributed by atoms with E-state index in [0.717, 1.165) is 29.9 Å². The number of phenols is 1. The fourth-order valence-electron chi connectivity index (χ4n) is 3.53. The van der Waals surface area contributed by atoms with Gasteiger partial charge in [0.1, 0.15) is 11.5 Å². The first-order chi connectivity index (χ1) is 11.5. The highest BCUT2D eigenvalue weighted by molar-refractivity contribution is 5.31. The molecule has 1 aliphatic carbocycles. The molecule has 3 rings (SSSR count). The van der Waals surface area contributed by atoms with Gasteiger partial charge in [-0.25, -0.2) is 0 Å². The number of phenolic OH excluding ortho intramolecular Hbond substituents is 1. The van der Waals surface area contributed by atoms with Gasteiger partial charge in [0.25, 0.3) is 0 Å². The van der Waals surface area contributed by atoms with Crippen molar-refractivity contribution in [2.75, 3.05) is 6.61 Å². The molecule has 1 aliphatic rings. The van der Waals surface area contributed by atoms with Crippen LogP contribution < -0.4 is 5.32 Å². The Morgan fingerprint density at radius 1 is 1.33 bits per heavy atom. The third-order valence-electron chi connectivity index (χ3n) is 5.42. The predicted molar refractivity (Wildman–Crippen MR) is 91.6 cm³/mol. The summed E-state index contributed by atoms with van der Waals surface area (Å²) in [5, 5.41) is 26.5. The second-order valence-corrected chi connectivity index (χ2v) is 7.28. The molecule has 3 N–H and O–H groups in total. The molecule has 0 aliphatic heterocycles. The first kappa shape index (κ1) is 17.0. The van der Waals surface area contributed by atoms with Gasteiger partial charge in [0, 0.05) is 30.6 Å². The Bertz CT molecular complexity index is 681. The Morgan fingerprint density at radius 2 is 2.12 bits per heavy atom. The van der Waals surface area contributed by atoms with E-state index < -0.39 is 0 Å². The van der Waals surface area contributed by atoms with E-state index in [1.807, 2.05) is 24.3 Å². The molecule has 0 spiro atoms. The number of aliphatic hydroxyl groups is 1. The van der Waals surface area contributed by atoms with Crippen LogP contribution in [0.3, 0.4) is 0 Å². The average molecular weight is 330 g/mol. The van der Waals surface area contributed by atoms with Crippen LogP contribution in [0.15, 0.2) is 34.9 Å². The van der Waals surface area contributed by atoms with Crippen LogP contribution in [0, 0.1) is 11.3 Å². The van der Waals surface area contributed by atoms with E-state index in [1.54, 1.807) is 6.07 Å². The van der Waals surface area contributed by atoms with E-state index in [9.17, 15) is 5.11 Å². The van der Waals surface area contributed by atoms with Gasteiger partial charge < -0.3 is 20.1 Å². The van der Waals surface area contributed by atoms with E-state index >= 15 is 0 Å². The van der Waals surface area contributed by atoms with Crippen LogP contribution in [-0.2, 0) is 19.4 Å². The molecule has 0 saturated heterocycles. The Morgan fingerprint density at radius 3 is 2.83 bits per heavy atom. The molecule has 5 nitrogen and oxygen atoms in total. The summed E-state index contributed by atoms with van der Waals surface area (Å²) >= 11 is 0. The molecule has 1 fully saturated rings. The first-order valence-electron chi connectivity index (χ1n) is 8.56. The number of nitrogens with zero attached hydrogens (tertiary/aromatic N) is 1. The molecular weight excluding hydrogens is 304 g/mol. The zero-order valence-corrected chi connectivity index (χ0v) is 14.3. The van der Waals surface area contributed by atoms with Crippen molar-refractivity contribution in [3.05, 3.63) is 47.3 Å². The second-order valence-electron chi connectivity index (χ2n) is 7.28. The summed E-state index contributed by atoms with van der Waals surface area (Å²) in [4.78, 5) is 0. The summed E-state index contributed by atoms with van der Waals surface area (Å²) in [5.41, 5.74) is 2.07. The van der Waals surface area contributed by atoms with Gasteiger partial charge in [-0.05, 0) is 30.2 Å². The van der Waals surface area contributed by atoms with Crippen molar-refractivity contribution in [2.24, 2.45) is 11.3 Å². The van der Waals surface area contributed by atoms with Gasteiger partial charge >= 0.3 is 0 Å². The molecule has 2 unspecified atom stereocenters. The lowest BCUT2D eigenvalue weighted by molar-refractivity contribution is 0.0124. The van der Waals surface area contributed by atoms with Crippen molar-refractivity contribution in [1.82, 2.24) is 10.5 Å². The topological polar surface area (TPSA) is 78.5 Å². The highest BCUT2D eigenvalue weighted by Gasteiger charge is 2.47. The number of benzene rings is 1. The van der Waals surface area contributed by atoms with Gasteiger partial charge in [0.15, 0.2) is 0 Å². The number of nitrogens with one attached hydrogen (secondary N) is 1. The minimum absolute atomic E-state index is 0.0852. The number of aromatic nitrogens is 1. The molecule has 5 heteroatoms. The minimum Gasteiger partial charge on any atom is -0.508 e. The van der Waals surface area contributed by atoms with Crippen molar-refractivity contribution in [2.45, 2.75) is 45.7 Å². The third kappa shape index (κ3) is 3.47. The molecule has 0 amide bonds. The molecule has 2 atom stereocenters. The van der Waals surface area contributed by atoms with Crippen LogP contribution in [0.25, 0.3) is 0 Å². The van der Waals surface area contributed by atoms with E-state index in [2.05, 4.69) is 24.3 Å². The van der Waals surface area contributed by atoms with Crippen LogP contribution >= 0.6 is 0 Å². The Labute approximate surface area is 142 Å². The van der Waals surface area contributed by atoms with Crippen molar-refractivity contribution in [3.8, 4) is 5.75 Å². The number of hydrogen-bond acceptors (Lipinski definition) is 5. The standard InChI is InChI=1S/C19H26N2O3/c1-19(2)14(9-15-11-16(7-8-22)24-21-15)10-18(19)20-12-13-5-3-4-6-17(13)23/h3-6,11,14,18,20,22-23H,7-10,12H2,1-2H3. The maximum absolute atomic E-state index is 9.86. The second kappa shape index (κ2) is 6.95. The van der Waals surface area contributed by atoms with E-state index in [-0.39, 0.29) is 12.0 Å². The van der Waals surface area contributed by atoms with Crippen LogP contribution in [0.2, 0.25) is 0 Å². The molecule has 0 bridgehead atoms. The summed E-state index contributed by atoms with van der Waals surface area (Å²) in [6.07, 6.45) is 2.51. The highest BCUT2D eigenvalue weighted by atomic mass is 16.5. The van der Waals surface area contributed by atoms with Crippen molar-refractivity contribution >= 4 is 0 Å². The molecule has 1 aromatic carbocycles. The largest absolute Gasteiger partial charge is 0.508 e. The normalized spacial score (nSPS) is 22.3. The molecule has 24 heavy (non-hydrogen) atoms. The fourth-order valence-corrected chi connectivity index (χ4v) is 3.53. The van der Waals surface area contributed by atoms with E-state index in [4.69, 9.17) is 9.63 Å². The summed E-state index contributed by atoms with van der Waals surface area (Å²) in [6, 6.07) is 9.83. The van der Waals surface area contributed by atoms with Gasteiger partial charge in [-0.15, -0.1) is 0 Å². The third-order valence-corrected chi connectivity index (χ3v) is 5.42. The van der Waals surface area contributed by atoms with Gasteiger partial charge in [-0.2, -0.15) is 0 Å². The number of aliphatic hydroxyl groups excluding tert-OH is 1. The molecule has 1 heterocycles. The van der Waals surface area contributed by atoms with Crippen LogP contribution in [0.5, 0.6) is 5.75 Å². The Hall–Kier alpha value is -1.85. The number of para-hydroxylation sites is 1. The summed E-state index contributed by atoms with van der Waals surface area (Å²) in [5.74, 6) is 1.64. The zero-order chi connectivity index (χ0) is 17.2. The molecule has 0 radical (unpaired) electrons. The number of hydrogen-bond donors (Lipinski definition) is 3. The van der Waals surface area contributed by atoms with Crippen molar-refractivity contribution in [3.63, 3.8) is 0 Å². The molecule has 2 aromatic rings. The van der Waals surface area contributed by atoms with Gasteiger partial charge in [-0.1, -0.05) is 37.2 Å². The fraction of sp³-hybridized carbons (Fsp3) is 0.526. The quantitative estimate of drug-likeness (QED) is 0.727. The lowest BCUT2D eigenvalue weighted by atomic mass is 9.57. The van der Waals surface area contributed by atoms with Gasteiger partial charge in [-0.3, -0.25) is 0 Å². The first-order valence-corrected chi connectivity index (χ1v) is 8.56. The smallest absolute Gasteiger partial charge is 0.139 e. The lowest BCUT2D eigenvalue weighted by Crippen LogP contribution is -2.57. The summed E-state index contributed by atoms with van der Waals surface area (Å²) in [6.45, 7) is 5.32. The molecular formula is C19H26N2O3. The van der Waals surface area contributed by atoms with Crippen LogP contribution in [-0.4, -0.2) is 28.0 Å². The number of rotatable bonds is 7. The molecule has 1 saturated carbocycles. The monoisotopic (exact) mass is 330 g/mol. The van der Waals surface area contributed by atoms with Gasteiger partial charge in [0.2, 0.25) is 0 Å². The predicted octanol–water partition coefficient (Wildman–Crippen LogP) is 2.66. The highest BCUT2D eigenvalue weighted by Crippen LogP contribution is 2.48. The summed E-state index contributed by atoms with van der Waals surface area (Å²) in [7, 11) is 0. The average Bonchev–Trinajstić information content (AvgIpc) is 2.99. The van der Waals surface area contributed by atoms with E-state index in [1.165, 1.54) is 0 Å². The SMILES string of the molecule is CC1(C)C(Cc2cc(CCO)on2)CC1NCc1ccccc1O. The lowest BCUT2D eigenvalue weighted by Gasteiger charge is -2.52. The molecule has 130 valence electrons.